The van der Waals surface area contributed by atoms with Crippen molar-refractivity contribution in [3.05, 3.63) is 11.6 Å². The molecule has 1 fully saturated rings. The first-order valence-electron chi connectivity index (χ1n) is 9.21. The number of halogens is 6. The summed E-state index contributed by atoms with van der Waals surface area (Å²) in [5.41, 5.74) is 0. The van der Waals surface area contributed by atoms with Gasteiger partial charge in [-0.05, 0) is 5.92 Å². The van der Waals surface area contributed by atoms with E-state index in [1.807, 2.05) is 0 Å². The van der Waals surface area contributed by atoms with Crippen LogP contribution in [0.3, 0.4) is 0 Å². The van der Waals surface area contributed by atoms with Crippen molar-refractivity contribution < 1.29 is 40.7 Å². The molecule has 0 bridgehead atoms. The molecule has 3 heterocycles. The summed E-state index contributed by atoms with van der Waals surface area (Å²) >= 11 is 0. The third-order valence-corrected chi connectivity index (χ3v) is 5.29. The molecule has 2 aliphatic heterocycles. The van der Waals surface area contributed by atoms with Crippen LogP contribution in [0.1, 0.15) is 31.4 Å². The van der Waals surface area contributed by atoms with Gasteiger partial charge in [-0.15, -0.1) is 10.2 Å². The quantitative estimate of drug-likeness (QED) is 0.565. The van der Waals surface area contributed by atoms with Gasteiger partial charge in [0.05, 0.1) is 6.54 Å². The van der Waals surface area contributed by atoms with Gasteiger partial charge in [0.15, 0.2) is 12.1 Å². The second kappa shape index (κ2) is 8.04. The van der Waals surface area contributed by atoms with Crippen LogP contribution in [-0.4, -0.2) is 57.0 Å². The largest absolute Gasteiger partial charge is 0.490 e. The fourth-order valence-corrected chi connectivity index (χ4v) is 3.74. The summed E-state index contributed by atoms with van der Waals surface area (Å²) in [4.78, 5) is 25.4. The molecule has 1 unspecified atom stereocenters. The SMILES string of the molecule is CC[C@H]1CNC(OC(=O)C(F)(F)F)C[C@H]1C(=O)N1CCn2c(nnc2C(F)(F)F)C1. The zero-order valence-corrected chi connectivity index (χ0v) is 15.8. The van der Waals surface area contributed by atoms with Gasteiger partial charge in [-0.25, -0.2) is 4.79 Å². The van der Waals surface area contributed by atoms with E-state index in [0.717, 1.165) is 4.57 Å². The topological polar surface area (TPSA) is 89.4 Å². The van der Waals surface area contributed by atoms with Crippen molar-refractivity contribution in [2.75, 3.05) is 13.1 Å². The van der Waals surface area contributed by atoms with Gasteiger partial charge in [0.1, 0.15) is 0 Å². The van der Waals surface area contributed by atoms with Crippen LogP contribution in [0.2, 0.25) is 0 Å². The number of rotatable bonds is 3. The molecule has 8 nitrogen and oxygen atoms in total. The Hall–Kier alpha value is -2.38. The number of hydrogen-bond acceptors (Lipinski definition) is 6. The summed E-state index contributed by atoms with van der Waals surface area (Å²) in [6.07, 6.45) is -10.8. The standard InChI is InChI=1S/C16H19F6N5O3/c1-2-8-6-23-11(30-14(29)16(20,21)22)5-9(8)12(28)26-3-4-27-10(7-26)24-25-13(27)15(17,18)19/h8-9,11,23H,2-7H2,1H3/t8-,9+,11?/m0/s1. The highest BCUT2D eigenvalue weighted by molar-refractivity contribution is 5.80. The average Bonchev–Trinajstić information content (AvgIpc) is 3.10. The minimum absolute atomic E-state index is 0.0241. The Morgan fingerprint density at radius 1 is 1.17 bits per heavy atom. The summed E-state index contributed by atoms with van der Waals surface area (Å²) in [6, 6.07) is 0. The minimum Gasteiger partial charge on any atom is -0.440 e. The molecule has 1 saturated heterocycles. The fourth-order valence-electron chi connectivity index (χ4n) is 3.74. The van der Waals surface area contributed by atoms with E-state index in [9.17, 15) is 35.9 Å². The average molecular weight is 443 g/mol. The maximum atomic E-state index is 13.0. The molecule has 14 heteroatoms. The van der Waals surface area contributed by atoms with Crippen LogP contribution in [0.25, 0.3) is 0 Å². The maximum Gasteiger partial charge on any atom is 0.490 e. The molecule has 1 aromatic rings. The second-order valence-electron chi connectivity index (χ2n) is 7.16. The van der Waals surface area contributed by atoms with E-state index in [1.165, 1.54) is 4.90 Å². The number of amides is 1. The molecular formula is C16H19F6N5O3. The van der Waals surface area contributed by atoms with Crippen LogP contribution in [0, 0.1) is 11.8 Å². The molecule has 0 radical (unpaired) electrons. The summed E-state index contributed by atoms with van der Waals surface area (Å²) < 4.78 is 81.5. The van der Waals surface area contributed by atoms with Crippen molar-refractivity contribution in [2.24, 2.45) is 11.8 Å². The number of ether oxygens (including phenoxy) is 1. The fraction of sp³-hybridized carbons (Fsp3) is 0.750. The summed E-state index contributed by atoms with van der Waals surface area (Å²) in [6.45, 7) is 1.58. The number of esters is 1. The zero-order chi connectivity index (χ0) is 22.3. The third kappa shape index (κ3) is 4.52. The van der Waals surface area contributed by atoms with E-state index in [1.54, 1.807) is 6.92 Å². The highest BCUT2D eigenvalue weighted by Gasteiger charge is 2.45. The lowest BCUT2D eigenvalue weighted by Gasteiger charge is -2.39. The number of aromatic nitrogens is 3. The van der Waals surface area contributed by atoms with Crippen molar-refractivity contribution >= 4 is 11.9 Å². The molecule has 1 N–H and O–H groups in total. The lowest BCUT2D eigenvalue weighted by atomic mass is 9.82. The highest BCUT2D eigenvalue weighted by atomic mass is 19.4. The first-order chi connectivity index (χ1) is 13.9. The normalized spacial score (nSPS) is 25.0. The predicted molar refractivity (Wildman–Crippen MR) is 86.3 cm³/mol. The summed E-state index contributed by atoms with van der Waals surface area (Å²) in [7, 11) is 0. The van der Waals surface area contributed by atoms with Crippen molar-refractivity contribution in [3.63, 3.8) is 0 Å². The predicted octanol–water partition coefficient (Wildman–Crippen LogP) is 1.71. The lowest BCUT2D eigenvalue weighted by Crippen LogP contribution is -2.53. The Kier molecular flexibility index (Phi) is 5.98. The molecule has 0 spiro atoms. The molecule has 1 amide bonds. The zero-order valence-electron chi connectivity index (χ0n) is 15.8. The summed E-state index contributed by atoms with van der Waals surface area (Å²) in [5, 5.41) is 9.35. The van der Waals surface area contributed by atoms with Crippen LogP contribution in [-0.2, 0) is 33.6 Å². The van der Waals surface area contributed by atoms with Gasteiger partial charge in [0.25, 0.3) is 0 Å². The van der Waals surface area contributed by atoms with E-state index in [-0.39, 0.29) is 44.3 Å². The van der Waals surface area contributed by atoms with E-state index < -0.39 is 42.2 Å². The molecule has 0 aliphatic carbocycles. The highest BCUT2D eigenvalue weighted by Crippen LogP contribution is 2.32. The Balaban J connectivity index is 1.71. The molecule has 0 saturated carbocycles. The van der Waals surface area contributed by atoms with Crippen molar-refractivity contribution in [1.29, 1.82) is 0 Å². The third-order valence-electron chi connectivity index (χ3n) is 5.29. The molecule has 3 rings (SSSR count). The summed E-state index contributed by atoms with van der Waals surface area (Å²) in [5.74, 6) is -4.94. The Morgan fingerprint density at radius 3 is 2.47 bits per heavy atom. The Labute approximate surface area is 166 Å². The van der Waals surface area contributed by atoms with E-state index in [0.29, 0.717) is 6.42 Å². The van der Waals surface area contributed by atoms with Gasteiger partial charge in [0.2, 0.25) is 11.7 Å². The van der Waals surface area contributed by atoms with Gasteiger partial charge in [-0.3, -0.25) is 10.1 Å². The van der Waals surface area contributed by atoms with Crippen LogP contribution in [0.4, 0.5) is 26.3 Å². The maximum absolute atomic E-state index is 13.0. The van der Waals surface area contributed by atoms with Crippen molar-refractivity contribution in [3.8, 4) is 0 Å². The molecule has 168 valence electrons. The lowest BCUT2D eigenvalue weighted by molar-refractivity contribution is -0.208. The number of fused-ring (bicyclic) bond motifs is 1. The number of alkyl halides is 6. The van der Waals surface area contributed by atoms with Crippen LogP contribution >= 0.6 is 0 Å². The van der Waals surface area contributed by atoms with Crippen LogP contribution in [0.15, 0.2) is 0 Å². The Morgan fingerprint density at radius 2 is 1.87 bits per heavy atom. The monoisotopic (exact) mass is 443 g/mol. The van der Waals surface area contributed by atoms with Crippen molar-refractivity contribution in [2.45, 2.75) is 51.4 Å². The van der Waals surface area contributed by atoms with Crippen molar-refractivity contribution in [1.82, 2.24) is 25.0 Å². The number of piperidine rings is 1. The first-order valence-corrected chi connectivity index (χ1v) is 9.21. The minimum atomic E-state index is -5.16. The Bertz CT molecular complexity index is 808. The molecule has 30 heavy (non-hydrogen) atoms. The molecule has 0 aromatic carbocycles. The smallest absolute Gasteiger partial charge is 0.440 e. The number of nitrogens with zero attached hydrogens (tertiary/aromatic N) is 4. The van der Waals surface area contributed by atoms with Gasteiger partial charge in [-0.2, -0.15) is 26.3 Å². The molecular weight excluding hydrogens is 424 g/mol. The van der Waals surface area contributed by atoms with Crippen LogP contribution < -0.4 is 5.32 Å². The van der Waals surface area contributed by atoms with Gasteiger partial charge in [-0.1, -0.05) is 13.3 Å². The van der Waals surface area contributed by atoms with E-state index in [4.69, 9.17) is 0 Å². The molecule has 1 aromatic heterocycles. The second-order valence-corrected chi connectivity index (χ2v) is 7.16. The van der Waals surface area contributed by atoms with Gasteiger partial charge < -0.3 is 14.2 Å². The number of nitrogens with one attached hydrogen (secondary N) is 1. The molecule has 2 aliphatic rings. The van der Waals surface area contributed by atoms with E-state index >= 15 is 0 Å². The number of carbonyl (C=O) groups excluding carboxylic acids is 2. The van der Waals surface area contributed by atoms with E-state index in [2.05, 4.69) is 20.3 Å². The van der Waals surface area contributed by atoms with Crippen LogP contribution in [0.5, 0.6) is 0 Å². The number of carbonyl (C=O) groups is 2. The van der Waals surface area contributed by atoms with Gasteiger partial charge >= 0.3 is 18.3 Å². The molecule has 3 atom stereocenters. The van der Waals surface area contributed by atoms with Gasteiger partial charge in [0, 0.05) is 32.0 Å². The number of hydrogen-bond donors (Lipinski definition) is 1. The first kappa shape index (κ1) is 22.3.